The zero-order valence-corrected chi connectivity index (χ0v) is 16.4. The molecule has 3 aliphatic heterocycles. The lowest BCUT2D eigenvalue weighted by Crippen LogP contribution is -2.54. The van der Waals surface area contributed by atoms with E-state index in [1.807, 2.05) is 0 Å². The van der Waals surface area contributed by atoms with Gasteiger partial charge in [-0.1, -0.05) is 42.5 Å². The fourth-order valence-electron chi connectivity index (χ4n) is 5.27. The Bertz CT molecular complexity index is 847. The van der Waals surface area contributed by atoms with Gasteiger partial charge in [-0.15, -0.1) is 0 Å². The highest BCUT2D eigenvalue weighted by Gasteiger charge is 2.45. The molecule has 28 heavy (non-hydrogen) atoms. The van der Waals surface area contributed by atoms with E-state index >= 15 is 0 Å². The average Bonchev–Trinajstić information content (AvgIpc) is 3.07. The van der Waals surface area contributed by atoms with Crippen molar-refractivity contribution >= 4 is 16.8 Å². The quantitative estimate of drug-likeness (QED) is 0.860. The molecule has 0 saturated carbocycles. The predicted octanol–water partition coefficient (Wildman–Crippen LogP) is 2.60. The second-order valence-corrected chi connectivity index (χ2v) is 8.53. The molecular formula is C23H30N4O. The van der Waals surface area contributed by atoms with Crippen molar-refractivity contribution in [3.63, 3.8) is 0 Å². The number of benzene rings is 2. The maximum Gasteiger partial charge on any atom is 0.318 e. The largest absolute Gasteiger partial charge is 0.332 e. The molecule has 2 aromatic rings. The maximum absolute atomic E-state index is 12.6. The van der Waals surface area contributed by atoms with E-state index in [2.05, 4.69) is 62.9 Å². The lowest BCUT2D eigenvalue weighted by molar-refractivity contribution is 0.107. The minimum Gasteiger partial charge on any atom is -0.332 e. The van der Waals surface area contributed by atoms with Gasteiger partial charge in [0.2, 0.25) is 0 Å². The molecule has 2 N–H and O–H groups in total. The number of nitrogens with zero attached hydrogens (tertiary/aromatic N) is 2. The first-order valence-electron chi connectivity index (χ1n) is 10.8. The molecule has 148 valence electrons. The molecule has 2 amide bonds. The van der Waals surface area contributed by atoms with Crippen LogP contribution >= 0.6 is 0 Å². The minimum atomic E-state index is 0.165. The van der Waals surface area contributed by atoms with Crippen LogP contribution in [0.2, 0.25) is 0 Å². The van der Waals surface area contributed by atoms with E-state index in [-0.39, 0.29) is 12.1 Å². The van der Waals surface area contributed by atoms with Crippen LogP contribution in [0.1, 0.15) is 24.8 Å². The number of likely N-dealkylation sites (tertiary alicyclic amines) is 1. The molecule has 0 radical (unpaired) electrons. The fraction of sp³-hybridized carbons (Fsp3) is 0.522. The third kappa shape index (κ3) is 3.49. The summed E-state index contributed by atoms with van der Waals surface area (Å²) in [6.07, 6.45) is 4.32. The van der Waals surface area contributed by atoms with Gasteiger partial charge >= 0.3 is 6.03 Å². The van der Waals surface area contributed by atoms with Crippen molar-refractivity contribution in [3.8, 4) is 0 Å². The Hall–Kier alpha value is -2.11. The molecule has 0 spiro atoms. The summed E-state index contributed by atoms with van der Waals surface area (Å²) in [6.45, 7) is 5.19. The standard InChI is InChI=1S/C23H30N4O/c28-23-25-21-16-26(14-10-22(21)27(23)20-7-11-24-12-8-20)13-9-17-5-6-18-3-1-2-4-19(18)15-17/h1-6,15,20-22,24H,7-14,16H2,(H,25,28). The number of hydrogen-bond acceptors (Lipinski definition) is 3. The Labute approximate surface area is 167 Å². The molecule has 5 heteroatoms. The summed E-state index contributed by atoms with van der Waals surface area (Å²) in [6, 6.07) is 16.6. The SMILES string of the molecule is O=C1NC2CN(CCc3ccc4ccccc4c3)CCC2N1C1CCNCC1. The Kier molecular flexibility index (Phi) is 4.95. The van der Waals surface area contributed by atoms with Gasteiger partial charge < -0.3 is 20.4 Å². The van der Waals surface area contributed by atoms with Crippen LogP contribution in [0.5, 0.6) is 0 Å². The molecule has 2 atom stereocenters. The van der Waals surface area contributed by atoms with E-state index in [1.165, 1.54) is 16.3 Å². The number of fused-ring (bicyclic) bond motifs is 2. The van der Waals surface area contributed by atoms with Crippen molar-refractivity contribution in [2.75, 3.05) is 32.7 Å². The molecule has 0 aromatic heterocycles. The smallest absolute Gasteiger partial charge is 0.318 e. The Morgan fingerprint density at radius 1 is 1.00 bits per heavy atom. The van der Waals surface area contributed by atoms with Crippen LogP contribution in [0.4, 0.5) is 4.79 Å². The second-order valence-electron chi connectivity index (χ2n) is 8.53. The van der Waals surface area contributed by atoms with Gasteiger partial charge in [0.05, 0.1) is 12.1 Å². The zero-order valence-electron chi connectivity index (χ0n) is 16.4. The van der Waals surface area contributed by atoms with Crippen LogP contribution in [0.25, 0.3) is 10.8 Å². The zero-order chi connectivity index (χ0) is 18.9. The molecule has 5 nitrogen and oxygen atoms in total. The maximum atomic E-state index is 12.6. The monoisotopic (exact) mass is 378 g/mol. The van der Waals surface area contributed by atoms with E-state index in [1.54, 1.807) is 0 Å². The van der Waals surface area contributed by atoms with Crippen molar-refractivity contribution in [2.24, 2.45) is 0 Å². The summed E-state index contributed by atoms with van der Waals surface area (Å²) >= 11 is 0. The van der Waals surface area contributed by atoms with Crippen LogP contribution in [0.15, 0.2) is 42.5 Å². The molecule has 3 heterocycles. The van der Waals surface area contributed by atoms with Gasteiger partial charge in [0, 0.05) is 25.7 Å². The van der Waals surface area contributed by atoms with Crippen molar-refractivity contribution in [1.82, 2.24) is 20.4 Å². The molecule has 0 bridgehead atoms. The topological polar surface area (TPSA) is 47.6 Å². The van der Waals surface area contributed by atoms with Gasteiger partial charge in [-0.25, -0.2) is 4.79 Å². The highest BCUT2D eigenvalue weighted by molar-refractivity contribution is 5.83. The summed E-state index contributed by atoms with van der Waals surface area (Å²) in [4.78, 5) is 17.3. The van der Waals surface area contributed by atoms with Crippen LogP contribution < -0.4 is 10.6 Å². The molecule has 0 aliphatic carbocycles. The van der Waals surface area contributed by atoms with Gasteiger partial charge in [-0.05, 0) is 55.1 Å². The third-order valence-corrected chi connectivity index (χ3v) is 6.79. The molecule has 5 rings (SSSR count). The van der Waals surface area contributed by atoms with E-state index in [0.717, 1.165) is 58.4 Å². The Morgan fingerprint density at radius 2 is 1.82 bits per heavy atom. The first-order valence-corrected chi connectivity index (χ1v) is 10.8. The summed E-state index contributed by atoms with van der Waals surface area (Å²) in [5.41, 5.74) is 1.40. The molecule has 2 aromatic carbocycles. The number of carbonyl (C=O) groups is 1. The number of hydrogen-bond donors (Lipinski definition) is 2. The van der Waals surface area contributed by atoms with Gasteiger partial charge in [-0.3, -0.25) is 0 Å². The second kappa shape index (κ2) is 7.72. The lowest BCUT2D eigenvalue weighted by Gasteiger charge is -2.40. The Balaban J connectivity index is 1.19. The predicted molar refractivity (Wildman–Crippen MR) is 113 cm³/mol. The van der Waals surface area contributed by atoms with Gasteiger partial charge in [0.25, 0.3) is 0 Å². The molecule has 3 saturated heterocycles. The summed E-state index contributed by atoms with van der Waals surface area (Å²) in [5.74, 6) is 0. The van der Waals surface area contributed by atoms with E-state index in [9.17, 15) is 4.79 Å². The van der Waals surface area contributed by atoms with Crippen molar-refractivity contribution in [2.45, 2.75) is 43.8 Å². The van der Waals surface area contributed by atoms with Gasteiger partial charge in [0.1, 0.15) is 0 Å². The van der Waals surface area contributed by atoms with E-state index in [4.69, 9.17) is 0 Å². The number of rotatable bonds is 4. The van der Waals surface area contributed by atoms with Crippen molar-refractivity contribution in [3.05, 3.63) is 48.0 Å². The number of nitrogens with one attached hydrogen (secondary N) is 2. The first-order chi connectivity index (χ1) is 13.8. The summed E-state index contributed by atoms with van der Waals surface area (Å²) < 4.78 is 0. The number of carbonyl (C=O) groups excluding carboxylic acids is 1. The van der Waals surface area contributed by atoms with E-state index < -0.39 is 0 Å². The lowest BCUT2D eigenvalue weighted by atomic mass is 9.96. The first kappa shape index (κ1) is 18.0. The van der Waals surface area contributed by atoms with Crippen molar-refractivity contribution < 1.29 is 4.79 Å². The van der Waals surface area contributed by atoms with Crippen molar-refractivity contribution in [1.29, 1.82) is 0 Å². The normalized spacial score (nSPS) is 26.4. The van der Waals surface area contributed by atoms with Gasteiger partial charge in [0.15, 0.2) is 0 Å². The number of amides is 2. The van der Waals surface area contributed by atoms with Gasteiger partial charge in [-0.2, -0.15) is 0 Å². The number of piperidine rings is 2. The fourth-order valence-corrected chi connectivity index (χ4v) is 5.27. The van der Waals surface area contributed by atoms with Crippen LogP contribution in [-0.4, -0.2) is 66.7 Å². The molecule has 2 unspecified atom stereocenters. The molecule has 3 aliphatic rings. The summed E-state index contributed by atoms with van der Waals surface area (Å²) in [5, 5.41) is 9.31. The summed E-state index contributed by atoms with van der Waals surface area (Å²) in [7, 11) is 0. The van der Waals surface area contributed by atoms with E-state index in [0.29, 0.717) is 12.1 Å². The highest BCUT2D eigenvalue weighted by Crippen LogP contribution is 2.28. The highest BCUT2D eigenvalue weighted by atomic mass is 16.2. The van der Waals surface area contributed by atoms with Crippen LogP contribution in [0, 0.1) is 0 Å². The van der Waals surface area contributed by atoms with Crippen LogP contribution in [-0.2, 0) is 6.42 Å². The molecule has 3 fully saturated rings. The molecular weight excluding hydrogens is 348 g/mol. The average molecular weight is 379 g/mol. The minimum absolute atomic E-state index is 0.165. The number of urea groups is 1. The third-order valence-electron chi connectivity index (χ3n) is 6.79. The Morgan fingerprint density at radius 3 is 2.68 bits per heavy atom. The van der Waals surface area contributed by atoms with Crippen LogP contribution in [0.3, 0.4) is 0 Å².